The van der Waals surface area contributed by atoms with E-state index in [9.17, 15) is 15.3 Å². The predicted molar refractivity (Wildman–Crippen MR) is 94.1 cm³/mol. The maximum atomic E-state index is 10.2. The first kappa shape index (κ1) is 18.7. The van der Waals surface area contributed by atoms with Crippen molar-refractivity contribution in [3.05, 3.63) is 6.33 Å². The second kappa shape index (κ2) is 8.10. The standard InChI is InChI=1S/C15H25N7O4/c16-4-2-1-3-5-18-15-20-12(17)9-13(21-15)22(7-19-9)14-11(25)10(24)8(6-23)26-14/h7-8,10-11,14,23-25H,1-6,16H2,(H3,17,18,20,21)/t8-,10-,11-,14?/m1/s1. The van der Waals surface area contributed by atoms with Gasteiger partial charge >= 0.3 is 0 Å². The number of nitrogen functional groups attached to an aromatic ring is 1. The normalized spacial score (nSPS) is 25.8. The van der Waals surface area contributed by atoms with Gasteiger partial charge < -0.3 is 36.8 Å². The molecule has 0 amide bonds. The van der Waals surface area contributed by atoms with Gasteiger partial charge in [0.2, 0.25) is 5.95 Å². The Morgan fingerprint density at radius 1 is 1.19 bits per heavy atom. The lowest BCUT2D eigenvalue weighted by atomic mass is 10.1. The van der Waals surface area contributed by atoms with E-state index >= 15 is 0 Å². The lowest BCUT2D eigenvalue weighted by Gasteiger charge is -2.16. The van der Waals surface area contributed by atoms with Crippen LogP contribution in [0, 0.1) is 0 Å². The van der Waals surface area contributed by atoms with E-state index in [1.807, 2.05) is 0 Å². The van der Waals surface area contributed by atoms with Gasteiger partial charge in [0.05, 0.1) is 12.9 Å². The number of rotatable bonds is 8. The summed E-state index contributed by atoms with van der Waals surface area (Å²) in [5, 5.41) is 32.5. The van der Waals surface area contributed by atoms with Crippen LogP contribution in [0.2, 0.25) is 0 Å². The van der Waals surface area contributed by atoms with Crippen molar-refractivity contribution < 1.29 is 20.1 Å². The van der Waals surface area contributed by atoms with E-state index in [-0.39, 0.29) is 5.82 Å². The highest BCUT2D eigenvalue weighted by Gasteiger charge is 2.44. The Kier molecular flexibility index (Phi) is 5.84. The summed E-state index contributed by atoms with van der Waals surface area (Å²) in [5.41, 5.74) is 12.2. The Bertz CT molecular complexity index is 740. The first-order chi connectivity index (χ1) is 12.6. The highest BCUT2D eigenvalue weighted by Crippen LogP contribution is 2.32. The second-order valence-corrected chi connectivity index (χ2v) is 6.26. The topological polar surface area (TPSA) is 178 Å². The van der Waals surface area contributed by atoms with E-state index in [2.05, 4.69) is 20.3 Å². The van der Waals surface area contributed by atoms with E-state index in [0.29, 0.717) is 30.2 Å². The lowest BCUT2D eigenvalue weighted by Crippen LogP contribution is -2.33. The molecule has 4 atom stereocenters. The van der Waals surface area contributed by atoms with Crippen molar-refractivity contribution in [2.45, 2.75) is 43.8 Å². The zero-order valence-electron chi connectivity index (χ0n) is 14.3. The Balaban J connectivity index is 1.81. The smallest absolute Gasteiger partial charge is 0.226 e. The fraction of sp³-hybridized carbons (Fsp3) is 0.667. The number of nitrogens with zero attached hydrogens (tertiary/aromatic N) is 4. The molecular weight excluding hydrogens is 342 g/mol. The first-order valence-corrected chi connectivity index (χ1v) is 8.63. The van der Waals surface area contributed by atoms with Gasteiger partial charge in [0.1, 0.15) is 23.8 Å². The molecule has 0 radical (unpaired) electrons. The van der Waals surface area contributed by atoms with E-state index in [4.69, 9.17) is 16.2 Å². The fourth-order valence-electron chi connectivity index (χ4n) is 2.96. The van der Waals surface area contributed by atoms with Gasteiger partial charge in [-0.1, -0.05) is 6.42 Å². The molecule has 3 heterocycles. The summed E-state index contributed by atoms with van der Waals surface area (Å²) < 4.78 is 7.01. The van der Waals surface area contributed by atoms with E-state index in [1.165, 1.54) is 10.9 Å². The molecular formula is C15H25N7O4. The van der Waals surface area contributed by atoms with Crippen molar-refractivity contribution in [3.8, 4) is 0 Å². The molecule has 0 bridgehead atoms. The van der Waals surface area contributed by atoms with Crippen LogP contribution in [-0.2, 0) is 4.74 Å². The number of nitrogens with two attached hydrogens (primary N) is 2. The number of hydrogen-bond acceptors (Lipinski definition) is 10. The maximum absolute atomic E-state index is 10.2. The summed E-state index contributed by atoms with van der Waals surface area (Å²) in [6, 6.07) is 0. The van der Waals surface area contributed by atoms with Crippen molar-refractivity contribution >= 4 is 22.9 Å². The predicted octanol–water partition coefficient (Wildman–Crippen LogP) is -1.44. The van der Waals surface area contributed by atoms with E-state index in [1.54, 1.807) is 0 Å². The summed E-state index contributed by atoms with van der Waals surface area (Å²) in [6.45, 7) is 0.931. The molecule has 1 fully saturated rings. The quantitative estimate of drug-likeness (QED) is 0.303. The third kappa shape index (κ3) is 3.57. The molecule has 144 valence electrons. The number of ether oxygens (including phenoxy) is 1. The number of fused-ring (bicyclic) bond motifs is 1. The van der Waals surface area contributed by atoms with Gasteiger partial charge in [-0.15, -0.1) is 0 Å². The molecule has 0 aromatic carbocycles. The van der Waals surface area contributed by atoms with Gasteiger partial charge in [0, 0.05) is 6.54 Å². The first-order valence-electron chi connectivity index (χ1n) is 8.63. The van der Waals surface area contributed by atoms with Crippen LogP contribution in [0.15, 0.2) is 6.33 Å². The number of hydrogen-bond donors (Lipinski definition) is 6. The van der Waals surface area contributed by atoms with Crippen molar-refractivity contribution in [1.82, 2.24) is 19.5 Å². The molecule has 2 aromatic rings. The van der Waals surface area contributed by atoms with Crippen molar-refractivity contribution in [2.24, 2.45) is 5.73 Å². The van der Waals surface area contributed by atoms with Crippen molar-refractivity contribution in [1.29, 1.82) is 0 Å². The summed E-state index contributed by atoms with van der Waals surface area (Å²) in [4.78, 5) is 12.8. The van der Waals surface area contributed by atoms with Gasteiger partial charge in [0.25, 0.3) is 0 Å². The van der Waals surface area contributed by atoms with Gasteiger partial charge in [0.15, 0.2) is 17.7 Å². The maximum Gasteiger partial charge on any atom is 0.226 e. The van der Waals surface area contributed by atoms with Crippen LogP contribution in [0.3, 0.4) is 0 Å². The minimum Gasteiger partial charge on any atom is -0.394 e. The molecule has 1 aliphatic heterocycles. The van der Waals surface area contributed by atoms with Crippen LogP contribution in [-0.4, -0.2) is 72.8 Å². The molecule has 26 heavy (non-hydrogen) atoms. The third-order valence-corrected chi connectivity index (χ3v) is 4.40. The van der Waals surface area contributed by atoms with Gasteiger partial charge in [-0.3, -0.25) is 4.57 Å². The highest BCUT2D eigenvalue weighted by molar-refractivity contribution is 5.82. The molecule has 0 spiro atoms. The summed E-state index contributed by atoms with van der Waals surface area (Å²) in [6.07, 6.45) is 0.0535. The van der Waals surface area contributed by atoms with Gasteiger partial charge in [-0.2, -0.15) is 9.97 Å². The Morgan fingerprint density at radius 2 is 2.00 bits per heavy atom. The Hall–Kier alpha value is -2.05. The van der Waals surface area contributed by atoms with E-state index < -0.39 is 31.1 Å². The number of imidazole rings is 1. The van der Waals surface area contributed by atoms with Crippen LogP contribution < -0.4 is 16.8 Å². The molecule has 1 saturated heterocycles. The zero-order valence-corrected chi connectivity index (χ0v) is 14.3. The SMILES string of the molecule is NCCCCCNc1nc(N)c2ncn(C3O[C@H](CO)[C@@H](O)[C@H]3O)c2n1. The molecule has 2 aromatic heterocycles. The molecule has 0 saturated carbocycles. The second-order valence-electron chi connectivity index (χ2n) is 6.26. The van der Waals surface area contributed by atoms with Crippen molar-refractivity contribution in [2.75, 3.05) is 30.7 Å². The lowest BCUT2D eigenvalue weighted by molar-refractivity contribution is -0.0511. The average Bonchev–Trinajstić information content (AvgIpc) is 3.17. The summed E-state index contributed by atoms with van der Waals surface area (Å²) in [7, 11) is 0. The molecule has 1 unspecified atom stereocenters. The Morgan fingerprint density at radius 3 is 2.69 bits per heavy atom. The summed E-state index contributed by atoms with van der Waals surface area (Å²) in [5.74, 6) is 0.543. The highest BCUT2D eigenvalue weighted by atomic mass is 16.6. The van der Waals surface area contributed by atoms with Crippen LogP contribution in [0.1, 0.15) is 25.5 Å². The average molecular weight is 367 g/mol. The number of aliphatic hydroxyl groups is 3. The fourth-order valence-corrected chi connectivity index (χ4v) is 2.96. The zero-order chi connectivity index (χ0) is 18.7. The summed E-state index contributed by atoms with van der Waals surface area (Å²) >= 11 is 0. The Labute approximate surface area is 150 Å². The van der Waals surface area contributed by atoms with Gasteiger partial charge in [-0.05, 0) is 19.4 Å². The number of aromatic nitrogens is 4. The minimum absolute atomic E-state index is 0.199. The van der Waals surface area contributed by atoms with Crippen LogP contribution in [0.5, 0.6) is 0 Å². The minimum atomic E-state index is -1.23. The largest absolute Gasteiger partial charge is 0.394 e. The molecule has 11 nitrogen and oxygen atoms in total. The number of aliphatic hydroxyl groups excluding tert-OH is 3. The van der Waals surface area contributed by atoms with Crippen LogP contribution in [0.25, 0.3) is 11.2 Å². The molecule has 3 rings (SSSR count). The van der Waals surface area contributed by atoms with Crippen LogP contribution >= 0.6 is 0 Å². The number of unbranched alkanes of at least 4 members (excludes halogenated alkanes) is 2. The molecule has 11 heteroatoms. The molecule has 8 N–H and O–H groups in total. The van der Waals surface area contributed by atoms with Crippen molar-refractivity contribution in [3.63, 3.8) is 0 Å². The van der Waals surface area contributed by atoms with Crippen LogP contribution in [0.4, 0.5) is 11.8 Å². The van der Waals surface area contributed by atoms with E-state index in [0.717, 1.165) is 19.3 Å². The monoisotopic (exact) mass is 367 g/mol. The third-order valence-electron chi connectivity index (χ3n) is 4.40. The molecule has 0 aliphatic carbocycles. The number of anilines is 2. The number of nitrogens with one attached hydrogen (secondary N) is 1. The molecule has 1 aliphatic rings. The van der Waals surface area contributed by atoms with Gasteiger partial charge in [-0.25, -0.2) is 4.98 Å².